The van der Waals surface area contributed by atoms with Crippen molar-refractivity contribution in [1.29, 1.82) is 0 Å². The number of thiophene rings is 1. The Balaban J connectivity index is 1.50. The molecule has 150 valence electrons. The monoisotopic (exact) mass is 411 g/mol. The Morgan fingerprint density at radius 3 is 2.48 bits per heavy atom. The normalized spacial score (nSPS) is 11.5. The van der Waals surface area contributed by atoms with Crippen molar-refractivity contribution >= 4 is 34.7 Å². The minimum atomic E-state index is -0.341. The first-order chi connectivity index (χ1) is 14.0. The van der Waals surface area contributed by atoms with E-state index in [2.05, 4.69) is 16.0 Å². The number of anilines is 1. The largest absolute Gasteiger partial charge is 0.459 e. The summed E-state index contributed by atoms with van der Waals surface area (Å²) in [4.78, 5) is 36.6. The van der Waals surface area contributed by atoms with Gasteiger partial charge in [0.2, 0.25) is 11.8 Å². The summed E-state index contributed by atoms with van der Waals surface area (Å²) in [5.41, 5.74) is 1.52. The maximum atomic E-state index is 12.3. The van der Waals surface area contributed by atoms with Gasteiger partial charge in [-0.2, -0.15) is 0 Å². The molecule has 3 amide bonds. The summed E-state index contributed by atoms with van der Waals surface area (Å²) in [6.07, 6.45) is 1.60. The van der Waals surface area contributed by atoms with Gasteiger partial charge in [0.15, 0.2) is 5.76 Å². The topological polar surface area (TPSA) is 100 Å². The van der Waals surface area contributed by atoms with Crippen LogP contribution in [0, 0.1) is 0 Å². The fourth-order valence-electron chi connectivity index (χ4n) is 2.72. The van der Waals surface area contributed by atoms with Gasteiger partial charge in [-0.3, -0.25) is 14.4 Å². The average Bonchev–Trinajstić information content (AvgIpc) is 3.40. The molecule has 2 aromatic heterocycles. The van der Waals surface area contributed by atoms with Crippen LogP contribution in [0.5, 0.6) is 0 Å². The highest BCUT2D eigenvalue weighted by atomic mass is 32.1. The van der Waals surface area contributed by atoms with Crippen LogP contribution in [0.25, 0.3) is 0 Å². The highest BCUT2D eigenvalue weighted by Gasteiger charge is 2.18. The van der Waals surface area contributed by atoms with E-state index >= 15 is 0 Å². The quantitative estimate of drug-likeness (QED) is 0.528. The maximum absolute atomic E-state index is 12.3. The number of hydrogen-bond acceptors (Lipinski definition) is 5. The number of nitrogens with one attached hydrogen (secondary N) is 3. The number of carbonyl (C=O) groups is 3. The zero-order valence-corrected chi connectivity index (χ0v) is 16.6. The van der Waals surface area contributed by atoms with E-state index in [1.54, 1.807) is 24.3 Å². The van der Waals surface area contributed by atoms with Gasteiger partial charge in [0.25, 0.3) is 5.91 Å². The summed E-state index contributed by atoms with van der Waals surface area (Å²) in [5.74, 6) is -0.426. The van der Waals surface area contributed by atoms with Crippen LogP contribution in [0.4, 0.5) is 5.69 Å². The number of furan rings is 1. The number of benzene rings is 1. The highest BCUT2D eigenvalue weighted by molar-refractivity contribution is 7.10. The zero-order chi connectivity index (χ0) is 20.6. The molecule has 29 heavy (non-hydrogen) atoms. The Morgan fingerprint density at radius 1 is 1.07 bits per heavy atom. The lowest BCUT2D eigenvalue weighted by Crippen LogP contribution is -2.32. The molecule has 0 fully saturated rings. The van der Waals surface area contributed by atoms with Crippen LogP contribution < -0.4 is 16.0 Å². The molecule has 3 N–H and O–H groups in total. The minimum absolute atomic E-state index is 0.160. The molecular formula is C21H21N3O4S. The third-order valence-corrected chi connectivity index (χ3v) is 5.09. The molecule has 0 aliphatic rings. The van der Waals surface area contributed by atoms with E-state index < -0.39 is 0 Å². The molecule has 3 rings (SSSR count). The molecular weight excluding hydrogens is 390 g/mol. The highest BCUT2D eigenvalue weighted by Crippen LogP contribution is 2.22. The molecule has 7 nitrogen and oxygen atoms in total. The second-order valence-corrected chi connectivity index (χ2v) is 7.36. The van der Waals surface area contributed by atoms with Crippen LogP contribution in [-0.4, -0.2) is 17.7 Å². The predicted molar refractivity (Wildman–Crippen MR) is 110 cm³/mol. The average molecular weight is 411 g/mol. The molecule has 0 aliphatic carbocycles. The summed E-state index contributed by atoms with van der Waals surface area (Å²) >= 11 is 1.50. The zero-order valence-electron chi connectivity index (χ0n) is 15.8. The summed E-state index contributed by atoms with van der Waals surface area (Å²) in [7, 11) is 0. The Morgan fingerprint density at radius 2 is 1.86 bits per heavy atom. The minimum Gasteiger partial charge on any atom is -0.459 e. The standard InChI is InChI=1S/C21H21N3O4S/c1-14(25)23-17(19-5-3-11-29-19)12-20(26)22-13-15-6-8-16(9-7-15)24-21(27)18-4-2-10-28-18/h2-11,17H,12-13H2,1H3,(H,22,26)(H,23,25)(H,24,27). The van der Waals surface area contributed by atoms with Gasteiger partial charge in [-0.25, -0.2) is 0 Å². The van der Waals surface area contributed by atoms with Crippen molar-refractivity contribution in [2.75, 3.05) is 5.32 Å². The van der Waals surface area contributed by atoms with Crippen LogP contribution in [-0.2, 0) is 16.1 Å². The van der Waals surface area contributed by atoms with Crippen LogP contribution in [0.1, 0.15) is 40.4 Å². The van der Waals surface area contributed by atoms with E-state index in [0.717, 1.165) is 10.4 Å². The molecule has 0 aliphatic heterocycles. The smallest absolute Gasteiger partial charge is 0.291 e. The van der Waals surface area contributed by atoms with Gasteiger partial charge < -0.3 is 20.4 Å². The van der Waals surface area contributed by atoms with E-state index in [1.807, 2.05) is 29.6 Å². The molecule has 1 atom stereocenters. The number of amides is 3. The molecule has 0 bridgehead atoms. The molecule has 0 radical (unpaired) electrons. The number of hydrogen-bond donors (Lipinski definition) is 3. The van der Waals surface area contributed by atoms with E-state index in [0.29, 0.717) is 12.2 Å². The fourth-order valence-corrected chi connectivity index (χ4v) is 3.50. The third-order valence-electron chi connectivity index (χ3n) is 4.10. The van der Waals surface area contributed by atoms with Crippen molar-refractivity contribution in [1.82, 2.24) is 10.6 Å². The number of rotatable bonds is 8. The van der Waals surface area contributed by atoms with Crippen molar-refractivity contribution in [2.24, 2.45) is 0 Å². The molecule has 2 heterocycles. The van der Waals surface area contributed by atoms with Crippen LogP contribution in [0.3, 0.4) is 0 Å². The lowest BCUT2D eigenvalue weighted by Gasteiger charge is -2.16. The van der Waals surface area contributed by atoms with Gasteiger partial charge >= 0.3 is 0 Å². The molecule has 8 heteroatoms. The summed E-state index contributed by atoms with van der Waals surface area (Å²) in [6.45, 7) is 1.78. The van der Waals surface area contributed by atoms with E-state index in [-0.39, 0.29) is 35.9 Å². The molecule has 0 saturated heterocycles. The third kappa shape index (κ3) is 6.05. The van der Waals surface area contributed by atoms with Crippen molar-refractivity contribution in [3.63, 3.8) is 0 Å². The summed E-state index contributed by atoms with van der Waals surface area (Å²) in [6, 6.07) is 13.8. The van der Waals surface area contributed by atoms with Crippen LogP contribution in [0.15, 0.2) is 64.6 Å². The van der Waals surface area contributed by atoms with Crippen LogP contribution >= 0.6 is 11.3 Å². The van der Waals surface area contributed by atoms with Crippen LogP contribution in [0.2, 0.25) is 0 Å². The lowest BCUT2D eigenvalue weighted by atomic mass is 10.1. The first kappa shape index (κ1) is 20.3. The molecule has 3 aromatic rings. The van der Waals surface area contributed by atoms with E-state index in [9.17, 15) is 14.4 Å². The van der Waals surface area contributed by atoms with Gasteiger partial charge in [-0.15, -0.1) is 11.3 Å². The van der Waals surface area contributed by atoms with Gasteiger partial charge in [0.05, 0.1) is 18.7 Å². The summed E-state index contributed by atoms with van der Waals surface area (Å²) < 4.78 is 5.05. The van der Waals surface area contributed by atoms with Crippen molar-refractivity contribution in [3.05, 3.63) is 76.4 Å². The second-order valence-electron chi connectivity index (χ2n) is 6.38. The van der Waals surface area contributed by atoms with E-state index in [1.165, 1.54) is 24.5 Å². The van der Waals surface area contributed by atoms with Gasteiger partial charge in [-0.1, -0.05) is 18.2 Å². The molecule has 1 unspecified atom stereocenters. The SMILES string of the molecule is CC(=O)NC(CC(=O)NCc1ccc(NC(=O)c2ccco2)cc1)c1cccs1. The van der Waals surface area contributed by atoms with Gasteiger partial charge in [0.1, 0.15) is 0 Å². The fraction of sp³-hybridized carbons (Fsp3) is 0.190. The molecule has 1 aromatic carbocycles. The number of carbonyl (C=O) groups excluding carboxylic acids is 3. The van der Waals surface area contributed by atoms with Gasteiger partial charge in [0, 0.05) is 24.0 Å². The first-order valence-corrected chi connectivity index (χ1v) is 9.90. The van der Waals surface area contributed by atoms with Crippen molar-refractivity contribution in [2.45, 2.75) is 25.9 Å². The Kier molecular flexibility index (Phi) is 6.80. The Hall–Kier alpha value is -3.39. The second kappa shape index (κ2) is 9.70. The summed E-state index contributed by atoms with van der Waals surface area (Å²) in [5, 5.41) is 10.3. The molecule has 0 spiro atoms. The van der Waals surface area contributed by atoms with Gasteiger partial charge in [-0.05, 0) is 41.3 Å². The first-order valence-electron chi connectivity index (χ1n) is 9.02. The van der Waals surface area contributed by atoms with Crippen molar-refractivity contribution in [3.8, 4) is 0 Å². The maximum Gasteiger partial charge on any atom is 0.291 e. The Labute approximate surface area is 172 Å². The lowest BCUT2D eigenvalue weighted by molar-refractivity contribution is -0.122. The Bertz CT molecular complexity index is 950. The van der Waals surface area contributed by atoms with E-state index in [4.69, 9.17) is 4.42 Å². The molecule has 0 saturated carbocycles. The van der Waals surface area contributed by atoms with Crippen molar-refractivity contribution < 1.29 is 18.8 Å². The predicted octanol–water partition coefficient (Wildman–Crippen LogP) is 3.48.